The number of benzene rings is 3. The Balaban J connectivity index is 0.00000368. The first kappa shape index (κ1) is 27.7. The zero-order valence-electron chi connectivity index (χ0n) is 24.1. The number of hydrogen-bond acceptors (Lipinski definition) is 5. The van der Waals surface area contributed by atoms with Gasteiger partial charge in [-0.2, -0.15) is 0 Å². The van der Waals surface area contributed by atoms with E-state index in [1.807, 2.05) is 36.5 Å². The molecule has 3 aromatic carbocycles. The van der Waals surface area contributed by atoms with Crippen molar-refractivity contribution in [3.8, 4) is 5.75 Å². The lowest BCUT2D eigenvalue weighted by atomic mass is 10.0. The number of fused-ring (bicyclic) bond motifs is 1. The minimum Gasteiger partial charge on any atom is -0.497 e. The fourth-order valence-corrected chi connectivity index (χ4v) is 5.85. The molecular weight excluding hydrogens is 524 g/mol. The third-order valence-electron chi connectivity index (χ3n) is 8.19. The maximum atomic E-state index is 13.6. The molecule has 1 fully saturated rings. The standard InChI is InChI=1S/C34H38N6O2.H2/c1-42-27-17-14-25(15-18-27)23-40-32(19-16-24-9-3-2-4-10-24)38-39-33(40)31(37-34(41)30-13-7-8-20-35-30)21-26-22-36-29-12-6-5-11-28(26)29;/h2-6,9-12,14-15,17-18,22,30-31,35-36H,7-8,13,16,19-21,23H2,1H3,(H,37,41);1H/t30?,31-;/m1./s1/i;1+1. The summed E-state index contributed by atoms with van der Waals surface area (Å²) in [5, 5.41) is 17.4. The van der Waals surface area contributed by atoms with Gasteiger partial charge in [0, 0.05) is 31.4 Å². The Morgan fingerprint density at radius 1 is 1.00 bits per heavy atom. The number of aromatic amines is 1. The highest BCUT2D eigenvalue weighted by atomic mass is 16.5. The van der Waals surface area contributed by atoms with Gasteiger partial charge in [-0.15, -0.1) is 10.2 Å². The number of rotatable bonds is 11. The zero-order valence-corrected chi connectivity index (χ0v) is 24.1. The van der Waals surface area contributed by atoms with E-state index in [1.54, 1.807) is 7.11 Å². The third kappa shape index (κ3) is 6.39. The molecule has 0 aliphatic carbocycles. The van der Waals surface area contributed by atoms with Crippen molar-refractivity contribution in [2.45, 2.75) is 57.2 Å². The van der Waals surface area contributed by atoms with Crippen LogP contribution in [0.2, 0.25) is 0 Å². The summed E-state index contributed by atoms with van der Waals surface area (Å²) >= 11 is 0. The van der Waals surface area contributed by atoms with Crippen molar-refractivity contribution in [1.82, 2.24) is 30.4 Å². The van der Waals surface area contributed by atoms with Crippen LogP contribution < -0.4 is 15.4 Å². The molecule has 1 aliphatic heterocycles. The lowest BCUT2D eigenvalue weighted by molar-refractivity contribution is -0.124. The van der Waals surface area contributed by atoms with Crippen LogP contribution in [0.4, 0.5) is 0 Å². The molecule has 0 saturated carbocycles. The summed E-state index contributed by atoms with van der Waals surface area (Å²) in [6.45, 7) is 1.46. The smallest absolute Gasteiger partial charge is 0.237 e. The summed E-state index contributed by atoms with van der Waals surface area (Å²) in [7, 11) is 1.67. The number of nitrogens with one attached hydrogen (secondary N) is 3. The topological polar surface area (TPSA) is 96.9 Å². The zero-order chi connectivity index (χ0) is 28.7. The van der Waals surface area contributed by atoms with E-state index < -0.39 is 0 Å². The Morgan fingerprint density at radius 3 is 2.60 bits per heavy atom. The molecule has 1 amide bonds. The second-order valence-corrected chi connectivity index (χ2v) is 11.0. The maximum Gasteiger partial charge on any atom is 0.237 e. The van der Waals surface area contributed by atoms with Crippen LogP contribution in [0.3, 0.4) is 0 Å². The number of hydrogen-bond donors (Lipinski definition) is 3. The second-order valence-electron chi connectivity index (χ2n) is 11.0. The minimum atomic E-state index is -0.350. The van der Waals surface area contributed by atoms with Crippen LogP contribution in [0.15, 0.2) is 85.1 Å². The summed E-state index contributed by atoms with van der Waals surface area (Å²) in [6.07, 6.45) is 7.23. The van der Waals surface area contributed by atoms with E-state index >= 15 is 0 Å². The van der Waals surface area contributed by atoms with Gasteiger partial charge in [0.25, 0.3) is 0 Å². The lowest BCUT2D eigenvalue weighted by Gasteiger charge is -2.26. The molecule has 8 heteroatoms. The van der Waals surface area contributed by atoms with Crippen molar-refractivity contribution in [2.24, 2.45) is 0 Å². The van der Waals surface area contributed by atoms with E-state index in [0.29, 0.717) is 13.0 Å². The van der Waals surface area contributed by atoms with Gasteiger partial charge in [0.15, 0.2) is 5.82 Å². The molecule has 3 heterocycles. The number of aryl methyl sites for hydroxylation is 2. The number of carbonyl (C=O) groups excluding carboxylic acids is 1. The van der Waals surface area contributed by atoms with E-state index in [4.69, 9.17) is 14.9 Å². The number of aromatic nitrogens is 4. The molecule has 0 bridgehead atoms. The van der Waals surface area contributed by atoms with Crippen LogP contribution in [-0.4, -0.2) is 45.4 Å². The molecule has 0 spiro atoms. The van der Waals surface area contributed by atoms with Crippen molar-refractivity contribution in [2.75, 3.05) is 13.7 Å². The number of methoxy groups -OCH3 is 1. The van der Waals surface area contributed by atoms with Crippen molar-refractivity contribution >= 4 is 16.8 Å². The number of para-hydroxylation sites is 1. The summed E-state index contributed by atoms with van der Waals surface area (Å²) in [5.74, 6) is 2.50. The fraction of sp³-hybridized carbons (Fsp3) is 0.324. The van der Waals surface area contributed by atoms with Crippen molar-refractivity contribution in [3.63, 3.8) is 0 Å². The SMILES string of the molecule is COc1ccc(Cn2c(CCc3ccccc3)nnc2[C@@H](Cc2c[nH]c3ccccc23)NC(=O)C2CCCCN2)cc1.[2HH]. The molecule has 1 saturated heterocycles. The predicted octanol–water partition coefficient (Wildman–Crippen LogP) is 5.39. The van der Waals surface area contributed by atoms with Crippen LogP contribution >= 0.6 is 0 Å². The van der Waals surface area contributed by atoms with Gasteiger partial charge in [-0.25, -0.2) is 0 Å². The van der Waals surface area contributed by atoms with Gasteiger partial charge in [0.05, 0.1) is 25.7 Å². The summed E-state index contributed by atoms with van der Waals surface area (Å²) in [5.41, 5.74) is 4.58. The van der Waals surface area contributed by atoms with E-state index in [9.17, 15) is 4.79 Å². The maximum absolute atomic E-state index is 13.6. The highest BCUT2D eigenvalue weighted by molar-refractivity contribution is 5.84. The average Bonchev–Trinajstić information content (AvgIpc) is 3.64. The highest BCUT2D eigenvalue weighted by Crippen LogP contribution is 2.26. The third-order valence-corrected chi connectivity index (χ3v) is 8.19. The predicted molar refractivity (Wildman–Crippen MR) is 167 cm³/mol. The van der Waals surface area contributed by atoms with E-state index in [1.165, 1.54) is 5.56 Å². The minimum absolute atomic E-state index is 0. The Hall–Kier alpha value is -4.43. The highest BCUT2D eigenvalue weighted by Gasteiger charge is 2.28. The molecule has 8 nitrogen and oxygen atoms in total. The second kappa shape index (κ2) is 13.0. The Kier molecular flexibility index (Phi) is 8.61. The van der Waals surface area contributed by atoms with E-state index in [2.05, 4.69) is 68.7 Å². The first-order valence-corrected chi connectivity index (χ1v) is 14.9. The number of nitrogens with zero attached hydrogens (tertiary/aromatic N) is 3. The molecule has 6 rings (SSSR count). The van der Waals surface area contributed by atoms with Crippen LogP contribution in [-0.2, 0) is 30.6 Å². The first-order valence-electron chi connectivity index (χ1n) is 14.9. The summed E-state index contributed by atoms with van der Waals surface area (Å²) in [6, 6.07) is 26.3. The average molecular weight is 566 g/mol. The van der Waals surface area contributed by atoms with E-state index in [-0.39, 0.29) is 19.4 Å². The Bertz CT molecular complexity index is 1610. The fourth-order valence-electron chi connectivity index (χ4n) is 5.85. The van der Waals surface area contributed by atoms with Gasteiger partial charge >= 0.3 is 0 Å². The molecule has 2 atom stereocenters. The number of carbonyl (C=O) groups is 1. The molecule has 218 valence electrons. The summed E-state index contributed by atoms with van der Waals surface area (Å²) < 4.78 is 7.58. The largest absolute Gasteiger partial charge is 0.497 e. The molecule has 1 aliphatic rings. The van der Waals surface area contributed by atoms with Crippen molar-refractivity contribution in [1.29, 1.82) is 0 Å². The normalized spacial score (nSPS) is 15.9. The van der Waals surface area contributed by atoms with Crippen molar-refractivity contribution < 1.29 is 11.0 Å². The Labute approximate surface area is 248 Å². The van der Waals surface area contributed by atoms with Gasteiger partial charge in [-0.05, 0) is 60.7 Å². The lowest BCUT2D eigenvalue weighted by Crippen LogP contribution is -2.48. The van der Waals surface area contributed by atoms with Gasteiger partial charge in [0.1, 0.15) is 11.6 Å². The molecule has 2 aromatic heterocycles. The molecule has 0 radical (unpaired) electrons. The number of H-pyrrole nitrogens is 1. The summed E-state index contributed by atoms with van der Waals surface area (Å²) in [4.78, 5) is 17.0. The van der Waals surface area contributed by atoms with Gasteiger partial charge in [-0.3, -0.25) is 4.79 Å². The monoisotopic (exact) mass is 565 g/mol. The molecule has 3 N–H and O–H groups in total. The van der Waals surface area contributed by atoms with Crippen LogP contribution in [0.1, 0.15) is 55.1 Å². The molecule has 42 heavy (non-hydrogen) atoms. The van der Waals surface area contributed by atoms with Gasteiger partial charge < -0.3 is 24.9 Å². The van der Waals surface area contributed by atoms with Crippen LogP contribution in [0.25, 0.3) is 10.9 Å². The van der Waals surface area contributed by atoms with Crippen molar-refractivity contribution in [3.05, 3.63) is 113 Å². The number of piperidine rings is 1. The first-order chi connectivity index (χ1) is 20.7. The molecule has 1 unspecified atom stereocenters. The quantitative estimate of drug-likeness (QED) is 0.200. The Morgan fingerprint density at radius 2 is 1.81 bits per heavy atom. The molecular formula is C34H40N6O2. The van der Waals surface area contributed by atoms with Gasteiger partial charge in [-0.1, -0.05) is 67.1 Å². The number of ether oxygens (including phenoxy) is 1. The molecule has 5 aromatic rings. The van der Waals surface area contributed by atoms with E-state index in [0.717, 1.165) is 78.1 Å². The van der Waals surface area contributed by atoms with Gasteiger partial charge in [0.2, 0.25) is 5.91 Å². The van der Waals surface area contributed by atoms with Crippen LogP contribution in [0, 0.1) is 0 Å². The van der Waals surface area contributed by atoms with Crippen LogP contribution in [0.5, 0.6) is 5.75 Å². The number of amides is 1.